The number of Topliss-reactive ketones (excluding diaryl/α,β-unsaturated/α-hetero) is 1. The first-order valence-electron chi connectivity index (χ1n) is 6.46. The second kappa shape index (κ2) is 5.33. The van der Waals surface area contributed by atoms with Gasteiger partial charge in [-0.25, -0.2) is 0 Å². The van der Waals surface area contributed by atoms with E-state index in [-0.39, 0.29) is 17.4 Å². The minimum absolute atomic E-state index is 0.185. The van der Waals surface area contributed by atoms with Crippen molar-refractivity contribution < 1.29 is 14.1 Å². The number of aromatic nitrogens is 1. The fraction of sp³-hybridized carbons (Fsp3) is 0.615. The maximum atomic E-state index is 11.9. The Morgan fingerprint density at radius 1 is 1.50 bits per heavy atom. The lowest BCUT2D eigenvalue weighted by Crippen LogP contribution is -2.19. The van der Waals surface area contributed by atoms with Crippen LogP contribution in [-0.2, 0) is 11.2 Å². The van der Waals surface area contributed by atoms with Gasteiger partial charge < -0.3 is 10.3 Å². The quantitative estimate of drug-likeness (QED) is 0.884. The predicted octanol–water partition coefficient (Wildman–Crippen LogP) is 1.95. The molecule has 1 aliphatic carbocycles. The standard InChI is InChI=1S/C13H18N2O3/c1-2-5-9-11(13(14)17)15-18-12(9)8-6-3-4-7-10(8)16/h8H,2-7H2,1H3,(H2,14,17)/t8-/m0/s1. The molecule has 1 heterocycles. The van der Waals surface area contributed by atoms with E-state index in [0.717, 1.165) is 31.2 Å². The van der Waals surface area contributed by atoms with E-state index in [1.165, 1.54) is 0 Å². The molecule has 0 saturated heterocycles. The Morgan fingerprint density at radius 3 is 2.89 bits per heavy atom. The van der Waals surface area contributed by atoms with Crippen LogP contribution in [0.25, 0.3) is 0 Å². The van der Waals surface area contributed by atoms with E-state index in [9.17, 15) is 9.59 Å². The van der Waals surface area contributed by atoms with Crippen molar-refractivity contribution in [2.75, 3.05) is 0 Å². The van der Waals surface area contributed by atoms with E-state index in [2.05, 4.69) is 5.16 Å². The summed E-state index contributed by atoms with van der Waals surface area (Å²) >= 11 is 0. The van der Waals surface area contributed by atoms with Crippen molar-refractivity contribution in [3.63, 3.8) is 0 Å². The number of carbonyl (C=O) groups is 2. The van der Waals surface area contributed by atoms with Crippen LogP contribution in [0.2, 0.25) is 0 Å². The van der Waals surface area contributed by atoms with E-state index in [1.807, 2.05) is 6.92 Å². The predicted molar refractivity (Wildman–Crippen MR) is 65.2 cm³/mol. The van der Waals surface area contributed by atoms with Gasteiger partial charge in [0, 0.05) is 12.0 Å². The smallest absolute Gasteiger partial charge is 0.271 e. The fourth-order valence-corrected chi connectivity index (χ4v) is 2.54. The van der Waals surface area contributed by atoms with Gasteiger partial charge in [-0.1, -0.05) is 24.9 Å². The zero-order valence-electron chi connectivity index (χ0n) is 10.6. The van der Waals surface area contributed by atoms with Crippen LogP contribution < -0.4 is 5.73 Å². The molecule has 1 atom stereocenters. The number of hydrogen-bond acceptors (Lipinski definition) is 4. The number of nitrogens with two attached hydrogens (primary N) is 1. The largest absolute Gasteiger partial charge is 0.364 e. The number of nitrogens with zero attached hydrogens (tertiary/aromatic N) is 1. The molecule has 0 aromatic carbocycles. The number of primary amides is 1. The average Bonchev–Trinajstić information content (AvgIpc) is 2.74. The molecule has 1 aromatic heterocycles. The lowest BCUT2D eigenvalue weighted by Gasteiger charge is -2.18. The zero-order chi connectivity index (χ0) is 13.1. The van der Waals surface area contributed by atoms with E-state index < -0.39 is 5.91 Å². The van der Waals surface area contributed by atoms with Crippen molar-refractivity contribution in [3.05, 3.63) is 17.0 Å². The molecule has 0 unspecified atom stereocenters. The monoisotopic (exact) mass is 250 g/mol. The normalized spacial score (nSPS) is 20.1. The van der Waals surface area contributed by atoms with Gasteiger partial charge in [-0.05, 0) is 19.3 Å². The van der Waals surface area contributed by atoms with Crippen LogP contribution in [0.3, 0.4) is 0 Å². The van der Waals surface area contributed by atoms with Crippen molar-refractivity contribution >= 4 is 11.7 Å². The maximum Gasteiger partial charge on any atom is 0.271 e. The van der Waals surface area contributed by atoms with Gasteiger partial charge in [-0.15, -0.1) is 0 Å². The molecule has 0 bridgehead atoms. The number of carbonyl (C=O) groups excluding carboxylic acids is 2. The molecule has 1 saturated carbocycles. The van der Waals surface area contributed by atoms with Gasteiger partial charge in [0.2, 0.25) is 0 Å². The topological polar surface area (TPSA) is 86.2 Å². The summed E-state index contributed by atoms with van der Waals surface area (Å²) in [5.41, 5.74) is 6.19. The van der Waals surface area contributed by atoms with E-state index in [4.69, 9.17) is 10.3 Å². The van der Waals surface area contributed by atoms with Crippen LogP contribution in [0.15, 0.2) is 4.52 Å². The molecule has 1 amide bonds. The average molecular weight is 250 g/mol. The van der Waals surface area contributed by atoms with Crippen molar-refractivity contribution in [2.24, 2.45) is 5.73 Å². The third-order valence-corrected chi connectivity index (χ3v) is 3.42. The summed E-state index contributed by atoms with van der Waals surface area (Å²) < 4.78 is 5.25. The van der Waals surface area contributed by atoms with Gasteiger partial charge in [0.05, 0.1) is 5.92 Å². The maximum absolute atomic E-state index is 11.9. The van der Waals surface area contributed by atoms with Crippen molar-refractivity contribution in [1.82, 2.24) is 5.16 Å². The molecule has 1 aliphatic rings. The molecule has 5 heteroatoms. The Bertz CT molecular complexity index is 465. The minimum atomic E-state index is -0.586. The molecule has 98 valence electrons. The summed E-state index contributed by atoms with van der Waals surface area (Å²) in [5, 5.41) is 3.74. The van der Waals surface area contributed by atoms with Crippen LogP contribution in [0.5, 0.6) is 0 Å². The summed E-state index contributed by atoms with van der Waals surface area (Å²) in [5.74, 6) is -0.0706. The van der Waals surface area contributed by atoms with Crippen molar-refractivity contribution in [2.45, 2.75) is 51.4 Å². The number of ketones is 1. The van der Waals surface area contributed by atoms with E-state index in [0.29, 0.717) is 18.6 Å². The molecule has 1 fully saturated rings. The van der Waals surface area contributed by atoms with Crippen LogP contribution in [0.4, 0.5) is 0 Å². The minimum Gasteiger partial charge on any atom is -0.364 e. The highest BCUT2D eigenvalue weighted by molar-refractivity contribution is 5.93. The fourth-order valence-electron chi connectivity index (χ4n) is 2.54. The van der Waals surface area contributed by atoms with Gasteiger partial charge in [0.15, 0.2) is 11.5 Å². The first-order valence-corrected chi connectivity index (χ1v) is 6.46. The van der Waals surface area contributed by atoms with Crippen molar-refractivity contribution in [3.8, 4) is 0 Å². The molecule has 18 heavy (non-hydrogen) atoms. The highest BCUT2D eigenvalue weighted by Crippen LogP contribution is 2.33. The lowest BCUT2D eigenvalue weighted by atomic mass is 9.84. The Hall–Kier alpha value is -1.65. The Labute approximate surface area is 106 Å². The number of amides is 1. The summed E-state index contributed by atoms with van der Waals surface area (Å²) in [6, 6.07) is 0. The molecular weight excluding hydrogens is 232 g/mol. The molecule has 0 spiro atoms. The molecule has 2 rings (SSSR count). The first kappa shape index (κ1) is 12.8. The molecule has 0 radical (unpaired) electrons. The summed E-state index contributed by atoms with van der Waals surface area (Å²) in [6.07, 6.45) is 4.84. The summed E-state index contributed by atoms with van der Waals surface area (Å²) in [4.78, 5) is 23.2. The van der Waals surface area contributed by atoms with Crippen LogP contribution in [-0.4, -0.2) is 16.8 Å². The molecular formula is C13H18N2O3. The van der Waals surface area contributed by atoms with Crippen molar-refractivity contribution in [1.29, 1.82) is 0 Å². The molecule has 2 N–H and O–H groups in total. The van der Waals surface area contributed by atoms with Gasteiger partial charge in [0.1, 0.15) is 5.78 Å². The summed E-state index contributed by atoms with van der Waals surface area (Å²) in [6.45, 7) is 2.00. The van der Waals surface area contributed by atoms with Gasteiger partial charge in [0.25, 0.3) is 5.91 Å². The SMILES string of the molecule is CCCc1c(C(N)=O)noc1[C@H]1CCCCC1=O. The van der Waals surface area contributed by atoms with Crippen LogP contribution in [0.1, 0.15) is 66.8 Å². The third kappa shape index (κ3) is 2.30. The van der Waals surface area contributed by atoms with E-state index in [1.54, 1.807) is 0 Å². The Balaban J connectivity index is 2.37. The highest BCUT2D eigenvalue weighted by atomic mass is 16.5. The van der Waals surface area contributed by atoms with Crippen LogP contribution >= 0.6 is 0 Å². The number of hydrogen-bond donors (Lipinski definition) is 1. The molecule has 1 aromatic rings. The lowest BCUT2D eigenvalue weighted by molar-refractivity contribution is -0.122. The van der Waals surface area contributed by atoms with Gasteiger partial charge in [-0.3, -0.25) is 9.59 Å². The second-order valence-electron chi connectivity index (χ2n) is 4.75. The third-order valence-electron chi connectivity index (χ3n) is 3.42. The zero-order valence-corrected chi connectivity index (χ0v) is 10.6. The number of rotatable bonds is 4. The van der Waals surface area contributed by atoms with Gasteiger partial charge >= 0.3 is 0 Å². The second-order valence-corrected chi connectivity index (χ2v) is 4.75. The molecule has 5 nitrogen and oxygen atoms in total. The van der Waals surface area contributed by atoms with Crippen LogP contribution in [0, 0.1) is 0 Å². The summed E-state index contributed by atoms with van der Waals surface area (Å²) in [7, 11) is 0. The Morgan fingerprint density at radius 2 is 2.28 bits per heavy atom. The highest BCUT2D eigenvalue weighted by Gasteiger charge is 2.31. The van der Waals surface area contributed by atoms with E-state index >= 15 is 0 Å². The van der Waals surface area contributed by atoms with Gasteiger partial charge in [-0.2, -0.15) is 0 Å². The first-order chi connectivity index (χ1) is 8.65. The Kier molecular flexibility index (Phi) is 3.79. The molecule has 0 aliphatic heterocycles.